The summed E-state index contributed by atoms with van der Waals surface area (Å²) >= 11 is 0. The minimum absolute atomic E-state index is 0.845. The van der Waals surface area contributed by atoms with E-state index in [2.05, 4.69) is 19.9 Å². The van der Waals surface area contributed by atoms with Crippen molar-refractivity contribution in [3.8, 4) is 0 Å². The van der Waals surface area contributed by atoms with E-state index in [0.29, 0.717) is 0 Å². The van der Waals surface area contributed by atoms with Gasteiger partial charge in [0, 0.05) is 0 Å². The quantitative estimate of drug-likeness (QED) is 0.486. The molecule has 0 heteroatoms. The van der Waals surface area contributed by atoms with Crippen LogP contribution in [0, 0.1) is 5.92 Å². The Hall–Kier alpha value is -0.260. The molecule has 0 radical (unpaired) electrons. The maximum atomic E-state index is 2.48. The van der Waals surface area contributed by atoms with E-state index in [0.717, 1.165) is 5.92 Å². The second kappa shape index (κ2) is 3.80. The monoisotopic (exact) mass is 138 g/mol. The van der Waals surface area contributed by atoms with Gasteiger partial charge in [0.25, 0.3) is 0 Å². The lowest BCUT2D eigenvalue weighted by Crippen LogP contribution is -1.86. The maximum absolute atomic E-state index is 2.48. The Bertz CT molecular complexity index is 122. The number of rotatable bonds is 1. The first kappa shape index (κ1) is 7.84. The van der Waals surface area contributed by atoms with Crippen molar-refractivity contribution in [1.29, 1.82) is 0 Å². The fraction of sp³-hybridized carbons (Fsp3) is 0.800. The van der Waals surface area contributed by atoms with Gasteiger partial charge in [-0.3, -0.25) is 0 Å². The van der Waals surface area contributed by atoms with Crippen LogP contribution in [0.1, 0.15) is 46.0 Å². The van der Waals surface area contributed by atoms with Crippen molar-refractivity contribution in [1.82, 2.24) is 0 Å². The molecule has 1 aliphatic rings. The Morgan fingerprint density at radius 3 is 3.00 bits per heavy atom. The van der Waals surface area contributed by atoms with Gasteiger partial charge in [0.15, 0.2) is 0 Å². The van der Waals surface area contributed by atoms with Crippen LogP contribution >= 0.6 is 0 Å². The summed E-state index contributed by atoms with van der Waals surface area (Å²) in [6, 6.07) is 0. The molecule has 1 atom stereocenters. The van der Waals surface area contributed by atoms with Gasteiger partial charge in [-0.25, -0.2) is 0 Å². The smallest absolute Gasteiger partial charge is 0.0259 e. The largest absolute Gasteiger partial charge is 0.0825 e. The molecule has 0 aliphatic heterocycles. The lowest BCUT2D eigenvalue weighted by atomic mass is 10.0. The molecule has 0 spiro atoms. The van der Waals surface area contributed by atoms with Gasteiger partial charge < -0.3 is 0 Å². The molecule has 0 aromatic rings. The molecule has 10 heavy (non-hydrogen) atoms. The molecule has 1 unspecified atom stereocenters. The summed E-state index contributed by atoms with van der Waals surface area (Å²) in [7, 11) is 0. The minimum atomic E-state index is 0.845. The predicted molar refractivity (Wildman–Crippen MR) is 46.0 cm³/mol. The zero-order valence-electron chi connectivity index (χ0n) is 7.19. The fourth-order valence-corrected chi connectivity index (χ4v) is 1.68. The summed E-state index contributed by atoms with van der Waals surface area (Å²) in [5.74, 6) is 0.845. The van der Waals surface area contributed by atoms with Crippen LogP contribution in [0.15, 0.2) is 11.6 Å². The van der Waals surface area contributed by atoms with Crippen molar-refractivity contribution in [3.63, 3.8) is 0 Å². The van der Waals surface area contributed by atoms with E-state index in [1.165, 1.54) is 32.1 Å². The van der Waals surface area contributed by atoms with Crippen molar-refractivity contribution >= 4 is 0 Å². The van der Waals surface area contributed by atoms with Crippen LogP contribution in [0.5, 0.6) is 0 Å². The summed E-state index contributed by atoms with van der Waals surface area (Å²) in [6.45, 7) is 4.60. The topological polar surface area (TPSA) is 0 Å². The zero-order valence-corrected chi connectivity index (χ0v) is 7.19. The molecule has 0 aromatic carbocycles. The van der Waals surface area contributed by atoms with Gasteiger partial charge in [-0.2, -0.15) is 0 Å². The Kier molecular flexibility index (Phi) is 2.98. The molecule has 1 aliphatic carbocycles. The molecule has 0 saturated carbocycles. The zero-order chi connectivity index (χ0) is 7.40. The van der Waals surface area contributed by atoms with Gasteiger partial charge in [-0.05, 0) is 31.6 Å². The molecule has 58 valence electrons. The molecule has 1 rings (SSSR count). The van der Waals surface area contributed by atoms with Gasteiger partial charge >= 0.3 is 0 Å². The van der Waals surface area contributed by atoms with E-state index in [1.807, 2.05) is 0 Å². The first-order chi connectivity index (χ1) is 4.83. The molecule has 0 amide bonds. The lowest BCUT2D eigenvalue weighted by molar-refractivity contribution is 0.604. The second-order valence-electron chi connectivity index (χ2n) is 3.40. The molecule has 0 nitrogen and oxygen atoms in total. The highest BCUT2D eigenvalue weighted by Gasteiger charge is 2.05. The van der Waals surface area contributed by atoms with Crippen LogP contribution in [-0.2, 0) is 0 Å². The Labute approximate surface area is 64.3 Å². The van der Waals surface area contributed by atoms with Crippen molar-refractivity contribution in [3.05, 3.63) is 11.6 Å². The molecule has 0 heterocycles. The molecule has 0 aromatic heterocycles. The average Bonchev–Trinajstić information content (AvgIpc) is 2.13. The van der Waals surface area contributed by atoms with Gasteiger partial charge in [-0.15, -0.1) is 0 Å². The van der Waals surface area contributed by atoms with E-state index < -0.39 is 0 Å². The van der Waals surface area contributed by atoms with Crippen LogP contribution in [0.25, 0.3) is 0 Å². The van der Waals surface area contributed by atoms with Gasteiger partial charge in [0.1, 0.15) is 0 Å². The van der Waals surface area contributed by atoms with Crippen molar-refractivity contribution < 1.29 is 0 Å². The number of allylic oxidation sites excluding steroid dienone is 2. The maximum Gasteiger partial charge on any atom is -0.0259 e. The van der Waals surface area contributed by atoms with E-state index >= 15 is 0 Å². The van der Waals surface area contributed by atoms with Gasteiger partial charge in [0.05, 0.1) is 0 Å². The first-order valence-electron chi connectivity index (χ1n) is 4.52. The average molecular weight is 138 g/mol. The van der Waals surface area contributed by atoms with Crippen molar-refractivity contribution in [2.24, 2.45) is 5.92 Å². The number of hydrogen-bond donors (Lipinski definition) is 0. The predicted octanol–water partition coefficient (Wildman–Crippen LogP) is 3.53. The van der Waals surface area contributed by atoms with E-state index in [-0.39, 0.29) is 0 Å². The standard InChI is InChI=1S/C10H18/c1-3-10-7-5-4-6-9(2)8-10/h8-9H,3-7H2,1-2H3. The molecule has 0 saturated heterocycles. The Morgan fingerprint density at radius 1 is 1.50 bits per heavy atom. The van der Waals surface area contributed by atoms with Gasteiger partial charge in [-0.1, -0.05) is 31.9 Å². The van der Waals surface area contributed by atoms with Crippen molar-refractivity contribution in [2.45, 2.75) is 46.0 Å². The second-order valence-corrected chi connectivity index (χ2v) is 3.40. The highest BCUT2D eigenvalue weighted by Crippen LogP contribution is 2.22. The minimum Gasteiger partial charge on any atom is -0.0825 e. The van der Waals surface area contributed by atoms with Crippen LogP contribution in [-0.4, -0.2) is 0 Å². The molecular weight excluding hydrogens is 120 g/mol. The molecular formula is C10H18. The SMILES string of the molecule is CCC1=CC(C)CCCC1. The van der Waals surface area contributed by atoms with E-state index in [4.69, 9.17) is 0 Å². The summed E-state index contributed by atoms with van der Waals surface area (Å²) in [6.07, 6.45) is 9.37. The van der Waals surface area contributed by atoms with Gasteiger partial charge in [0.2, 0.25) is 0 Å². The molecule has 0 bridgehead atoms. The summed E-state index contributed by atoms with van der Waals surface area (Å²) < 4.78 is 0. The van der Waals surface area contributed by atoms with Crippen LogP contribution in [0.3, 0.4) is 0 Å². The highest BCUT2D eigenvalue weighted by molar-refractivity contribution is 5.04. The Balaban J connectivity index is 2.50. The van der Waals surface area contributed by atoms with Crippen LogP contribution in [0.2, 0.25) is 0 Å². The van der Waals surface area contributed by atoms with E-state index in [1.54, 1.807) is 5.57 Å². The lowest BCUT2D eigenvalue weighted by Gasteiger charge is -2.01. The van der Waals surface area contributed by atoms with E-state index in [9.17, 15) is 0 Å². The normalized spacial score (nSPS) is 27.4. The third kappa shape index (κ3) is 2.17. The van der Waals surface area contributed by atoms with Crippen LogP contribution in [0.4, 0.5) is 0 Å². The Morgan fingerprint density at radius 2 is 2.30 bits per heavy atom. The summed E-state index contributed by atoms with van der Waals surface area (Å²) in [5, 5.41) is 0. The molecule has 0 N–H and O–H groups in total. The number of hydrogen-bond acceptors (Lipinski definition) is 0. The first-order valence-corrected chi connectivity index (χ1v) is 4.52. The van der Waals surface area contributed by atoms with Crippen molar-refractivity contribution in [2.75, 3.05) is 0 Å². The fourth-order valence-electron chi connectivity index (χ4n) is 1.68. The summed E-state index contributed by atoms with van der Waals surface area (Å²) in [5.41, 5.74) is 1.69. The third-order valence-electron chi connectivity index (χ3n) is 2.38. The summed E-state index contributed by atoms with van der Waals surface area (Å²) in [4.78, 5) is 0. The molecule has 0 fully saturated rings. The van der Waals surface area contributed by atoms with Crippen LogP contribution < -0.4 is 0 Å². The highest BCUT2D eigenvalue weighted by atomic mass is 14.1. The third-order valence-corrected chi connectivity index (χ3v) is 2.38.